The van der Waals surface area contributed by atoms with E-state index in [0.717, 1.165) is 11.1 Å². The van der Waals surface area contributed by atoms with Crippen LogP contribution in [0.5, 0.6) is 11.5 Å². The molecule has 0 fully saturated rings. The van der Waals surface area contributed by atoms with Gasteiger partial charge in [0.25, 0.3) is 0 Å². The zero-order valence-electron chi connectivity index (χ0n) is 16.2. The second-order valence-corrected chi connectivity index (χ2v) is 6.99. The average molecular weight is 388 g/mol. The number of fused-ring (bicyclic) bond motifs is 1. The van der Waals surface area contributed by atoms with Crippen molar-refractivity contribution in [2.24, 2.45) is 0 Å². The molecule has 0 saturated heterocycles. The van der Waals surface area contributed by atoms with E-state index in [0.29, 0.717) is 28.2 Å². The molecule has 0 spiro atoms. The molecule has 1 heterocycles. The molecule has 1 aliphatic heterocycles. The van der Waals surface area contributed by atoms with Crippen LogP contribution >= 0.6 is 0 Å². The van der Waals surface area contributed by atoms with Gasteiger partial charge in [-0.2, -0.15) is 0 Å². The Morgan fingerprint density at radius 3 is 2.07 bits per heavy atom. The minimum absolute atomic E-state index is 0.117. The quantitative estimate of drug-likeness (QED) is 0.463. The number of carbonyl (C=O) groups is 2. The summed E-state index contributed by atoms with van der Waals surface area (Å²) in [6, 6.07) is 19.4. The number of esters is 1. The molecule has 1 aliphatic rings. The van der Waals surface area contributed by atoms with Crippen LogP contribution in [0.25, 0.3) is 0 Å². The van der Waals surface area contributed by atoms with E-state index in [9.17, 15) is 9.59 Å². The molecule has 1 atom stereocenters. The lowest BCUT2D eigenvalue weighted by Gasteiger charge is -2.18. The van der Waals surface area contributed by atoms with Gasteiger partial charge < -0.3 is 14.2 Å². The molecule has 146 valence electrons. The Morgan fingerprint density at radius 2 is 1.38 bits per heavy atom. The Bertz CT molecular complexity index is 1050. The number of Topliss-reactive ketones (excluding diaryl/α,β-unsaturated/α-hetero) is 1. The number of benzene rings is 3. The van der Waals surface area contributed by atoms with Crippen molar-refractivity contribution in [2.45, 2.75) is 20.0 Å². The van der Waals surface area contributed by atoms with Gasteiger partial charge in [-0.25, -0.2) is 4.79 Å². The highest BCUT2D eigenvalue weighted by molar-refractivity contribution is 6.02. The summed E-state index contributed by atoms with van der Waals surface area (Å²) in [5, 5.41) is 0. The Balaban J connectivity index is 1.64. The fourth-order valence-corrected chi connectivity index (χ4v) is 3.08. The number of ketones is 1. The molecule has 0 saturated carbocycles. The monoisotopic (exact) mass is 388 g/mol. The van der Waals surface area contributed by atoms with E-state index in [1.807, 2.05) is 38.1 Å². The molecule has 5 nitrogen and oxygen atoms in total. The van der Waals surface area contributed by atoms with E-state index in [2.05, 4.69) is 0 Å². The number of carbonyl (C=O) groups excluding carboxylic acids is 2. The van der Waals surface area contributed by atoms with Gasteiger partial charge in [0.1, 0.15) is 0 Å². The summed E-state index contributed by atoms with van der Waals surface area (Å²) in [5.41, 5.74) is 3.50. The molecule has 5 heteroatoms. The summed E-state index contributed by atoms with van der Waals surface area (Å²) in [6.45, 7) is 4.02. The van der Waals surface area contributed by atoms with Crippen LogP contribution in [0, 0.1) is 13.8 Å². The molecular formula is C24H20O5. The summed E-state index contributed by atoms with van der Waals surface area (Å²) in [4.78, 5) is 26.0. The smallest absolute Gasteiger partial charge is 0.339 e. The van der Waals surface area contributed by atoms with Crippen LogP contribution in [0.1, 0.15) is 43.5 Å². The molecule has 29 heavy (non-hydrogen) atoms. The lowest BCUT2D eigenvalue weighted by molar-refractivity contribution is 0.0279. The number of hydrogen-bond donors (Lipinski definition) is 0. The van der Waals surface area contributed by atoms with Crippen LogP contribution < -0.4 is 9.47 Å². The summed E-state index contributed by atoms with van der Waals surface area (Å²) in [7, 11) is 0. The standard InChI is InChI=1S/C24H20O5/c1-15-3-7-17(8-4-15)22(25)23(18-9-5-16(2)6-10-18)29-24(26)19-11-12-20-21(13-19)28-14-27-20/h3-13,23H,14H2,1-2H3/t23-/m1/s1. The maximum absolute atomic E-state index is 13.2. The Morgan fingerprint density at radius 1 is 0.793 bits per heavy atom. The zero-order chi connectivity index (χ0) is 20.4. The van der Waals surface area contributed by atoms with Crippen LogP contribution in [0.15, 0.2) is 66.7 Å². The van der Waals surface area contributed by atoms with Crippen molar-refractivity contribution in [1.29, 1.82) is 0 Å². The van der Waals surface area contributed by atoms with Gasteiger partial charge in [0.2, 0.25) is 12.6 Å². The highest BCUT2D eigenvalue weighted by Gasteiger charge is 2.27. The van der Waals surface area contributed by atoms with Gasteiger partial charge in [0.05, 0.1) is 5.56 Å². The first kappa shape index (κ1) is 18.7. The topological polar surface area (TPSA) is 61.8 Å². The van der Waals surface area contributed by atoms with E-state index < -0.39 is 12.1 Å². The molecule has 3 aromatic carbocycles. The minimum atomic E-state index is -1.05. The van der Waals surface area contributed by atoms with Crippen LogP contribution in [-0.4, -0.2) is 18.5 Å². The van der Waals surface area contributed by atoms with Crippen LogP contribution in [0.2, 0.25) is 0 Å². The predicted octanol–water partition coefficient (Wildman–Crippen LogP) is 4.81. The van der Waals surface area contributed by atoms with Crippen molar-refractivity contribution in [3.05, 3.63) is 94.5 Å². The van der Waals surface area contributed by atoms with Gasteiger partial charge in [0, 0.05) is 11.1 Å². The van der Waals surface area contributed by atoms with Crippen molar-refractivity contribution < 1.29 is 23.8 Å². The second kappa shape index (κ2) is 7.80. The molecule has 0 N–H and O–H groups in total. The highest BCUT2D eigenvalue weighted by Crippen LogP contribution is 2.33. The van der Waals surface area contributed by atoms with Gasteiger partial charge in [-0.3, -0.25) is 4.79 Å². The van der Waals surface area contributed by atoms with E-state index in [1.54, 1.807) is 42.5 Å². The molecule has 0 bridgehead atoms. The minimum Gasteiger partial charge on any atom is -0.454 e. The molecule has 0 aliphatic carbocycles. The predicted molar refractivity (Wildman–Crippen MR) is 107 cm³/mol. The Hall–Kier alpha value is -3.60. The third-order valence-corrected chi connectivity index (χ3v) is 4.79. The average Bonchev–Trinajstić information content (AvgIpc) is 3.20. The Labute approximate surface area is 168 Å². The summed E-state index contributed by atoms with van der Waals surface area (Å²) in [6.07, 6.45) is -1.05. The molecule has 0 radical (unpaired) electrons. The second-order valence-electron chi connectivity index (χ2n) is 6.99. The molecule has 3 aromatic rings. The van der Waals surface area contributed by atoms with Gasteiger partial charge in [-0.15, -0.1) is 0 Å². The molecule has 0 unspecified atom stereocenters. The lowest BCUT2D eigenvalue weighted by Crippen LogP contribution is -2.20. The van der Waals surface area contributed by atoms with Crippen molar-refractivity contribution in [3.8, 4) is 11.5 Å². The largest absolute Gasteiger partial charge is 0.454 e. The van der Waals surface area contributed by atoms with Crippen molar-refractivity contribution in [3.63, 3.8) is 0 Å². The fourth-order valence-electron chi connectivity index (χ4n) is 3.08. The number of ether oxygens (including phenoxy) is 3. The van der Waals surface area contributed by atoms with E-state index in [-0.39, 0.29) is 12.6 Å². The van der Waals surface area contributed by atoms with Crippen LogP contribution in [0.4, 0.5) is 0 Å². The lowest BCUT2D eigenvalue weighted by atomic mass is 9.98. The number of hydrogen-bond acceptors (Lipinski definition) is 5. The Kier molecular flexibility index (Phi) is 5.04. The first-order valence-corrected chi connectivity index (χ1v) is 9.29. The molecule has 4 rings (SSSR count). The molecule has 0 aromatic heterocycles. The highest BCUT2D eigenvalue weighted by atomic mass is 16.7. The van der Waals surface area contributed by atoms with Crippen LogP contribution in [0.3, 0.4) is 0 Å². The molecule has 0 amide bonds. The van der Waals surface area contributed by atoms with Gasteiger partial charge in [0.15, 0.2) is 17.6 Å². The first-order chi connectivity index (χ1) is 14.0. The summed E-state index contributed by atoms with van der Waals surface area (Å²) >= 11 is 0. The van der Waals surface area contributed by atoms with E-state index in [4.69, 9.17) is 14.2 Å². The van der Waals surface area contributed by atoms with Gasteiger partial charge >= 0.3 is 5.97 Å². The van der Waals surface area contributed by atoms with E-state index in [1.165, 1.54) is 0 Å². The third-order valence-electron chi connectivity index (χ3n) is 4.79. The molecular weight excluding hydrogens is 368 g/mol. The zero-order valence-corrected chi connectivity index (χ0v) is 16.2. The summed E-state index contributed by atoms with van der Waals surface area (Å²) < 4.78 is 16.3. The number of rotatable bonds is 5. The maximum atomic E-state index is 13.2. The normalized spacial score (nSPS) is 13.0. The van der Waals surface area contributed by atoms with Gasteiger partial charge in [-0.05, 0) is 32.0 Å². The van der Waals surface area contributed by atoms with Crippen molar-refractivity contribution in [2.75, 3.05) is 6.79 Å². The fraction of sp³-hybridized carbons (Fsp3) is 0.167. The van der Waals surface area contributed by atoms with E-state index >= 15 is 0 Å². The third kappa shape index (κ3) is 3.99. The summed E-state index contributed by atoms with van der Waals surface area (Å²) in [5.74, 6) is 0.181. The van der Waals surface area contributed by atoms with Gasteiger partial charge in [-0.1, -0.05) is 59.7 Å². The SMILES string of the molecule is Cc1ccc(C(=O)[C@H](OC(=O)c2ccc3c(c2)OCO3)c2ccc(C)cc2)cc1. The van der Waals surface area contributed by atoms with Crippen molar-refractivity contribution in [1.82, 2.24) is 0 Å². The van der Waals surface area contributed by atoms with Crippen LogP contribution in [-0.2, 0) is 4.74 Å². The first-order valence-electron chi connectivity index (χ1n) is 9.29. The maximum Gasteiger partial charge on any atom is 0.339 e. The van der Waals surface area contributed by atoms with Crippen molar-refractivity contribution >= 4 is 11.8 Å². The number of aryl methyl sites for hydroxylation is 2.